The van der Waals surface area contributed by atoms with Crippen molar-refractivity contribution in [1.29, 1.82) is 0 Å². The van der Waals surface area contributed by atoms with Crippen LogP contribution in [0, 0.1) is 0 Å². The lowest BCUT2D eigenvalue weighted by Gasteiger charge is -2.23. The van der Waals surface area contributed by atoms with Gasteiger partial charge in [0.1, 0.15) is 5.15 Å². The third-order valence-electron chi connectivity index (χ3n) is 2.12. The molecule has 18 heavy (non-hydrogen) atoms. The average molecular weight is 295 g/mol. The Bertz CT molecular complexity index is 564. The average Bonchev–Trinajstić information content (AvgIpc) is 2.43. The van der Waals surface area contributed by atoms with Crippen LogP contribution in [0.5, 0.6) is 0 Å². The SMILES string of the molecule is Cn1cnc(S(=O)(=O)NC(C)(C)CC(N)=O)c1Cl. The van der Waals surface area contributed by atoms with Crippen LogP contribution in [0.3, 0.4) is 0 Å². The molecule has 0 bridgehead atoms. The number of nitrogens with one attached hydrogen (secondary N) is 1. The van der Waals surface area contributed by atoms with Gasteiger partial charge in [-0.2, -0.15) is 0 Å². The van der Waals surface area contributed by atoms with Crippen LogP contribution in [0.25, 0.3) is 0 Å². The number of amides is 1. The maximum atomic E-state index is 12.0. The smallest absolute Gasteiger partial charge is 0.261 e. The normalized spacial score (nSPS) is 12.7. The number of nitrogens with two attached hydrogens (primary N) is 1. The number of sulfonamides is 1. The predicted molar refractivity (Wildman–Crippen MR) is 66.4 cm³/mol. The predicted octanol–water partition coefficient (Wildman–Crippen LogP) is 0.00580. The third kappa shape index (κ3) is 3.44. The van der Waals surface area contributed by atoms with E-state index in [4.69, 9.17) is 17.3 Å². The van der Waals surface area contributed by atoms with Gasteiger partial charge in [0.2, 0.25) is 10.9 Å². The van der Waals surface area contributed by atoms with Crippen molar-refractivity contribution in [2.45, 2.75) is 30.8 Å². The molecule has 0 aliphatic carbocycles. The Balaban J connectivity index is 3.03. The molecule has 102 valence electrons. The Labute approximate surface area is 110 Å². The summed E-state index contributed by atoms with van der Waals surface area (Å²) >= 11 is 5.82. The molecule has 1 aromatic heterocycles. The number of imidazole rings is 1. The highest BCUT2D eigenvalue weighted by atomic mass is 35.5. The summed E-state index contributed by atoms with van der Waals surface area (Å²) in [4.78, 5) is 14.6. The summed E-state index contributed by atoms with van der Waals surface area (Å²) in [5.41, 5.74) is 4.04. The van der Waals surface area contributed by atoms with Gasteiger partial charge in [0.05, 0.1) is 6.33 Å². The molecule has 0 radical (unpaired) electrons. The van der Waals surface area contributed by atoms with Gasteiger partial charge in [-0.05, 0) is 13.8 Å². The first-order valence-electron chi connectivity index (χ1n) is 5.04. The molecular weight excluding hydrogens is 280 g/mol. The number of rotatable bonds is 5. The number of carbonyl (C=O) groups is 1. The number of carbonyl (C=O) groups excluding carboxylic acids is 1. The Morgan fingerprint density at radius 2 is 2.17 bits per heavy atom. The highest BCUT2D eigenvalue weighted by molar-refractivity contribution is 7.89. The molecule has 7 nitrogen and oxygen atoms in total. The molecule has 0 spiro atoms. The minimum Gasteiger partial charge on any atom is -0.370 e. The van der Waals surface area contributed by atoms with Crippen molar-refractivity contribution in [1.82, 2.24) is 14.3 Å². The first-order valence-corrected chi connectivity index (χ1v) is 6.90. The van der Waals surface area contributed by atoms with E-state index in [1.807, 2.05) is 0 Å². The first-order chi connectivity index (χ1) is 8.05. The van der Waals surface area contributed by atoms with Crippen LogP contribution >= 0.6 is 11.6 Å². The molecule has 0 aromatic carbocycles. The van der Waals surface area contributed by atoms with E-state index in [2.05, 4.69) is 9.71 Å². The quantitative estimate of drug-likeness (QED) is 0.797. The first kappa shape index (κ1) is 14.9. The van der Waals surface area contributed by atoms with E-state index in [0.29, 0.717) is 0 Å². The summed E-state index contributed by atoms with van der Waals surface area (Å²) in [6.07, 6.45) is 1.16. The van der Waals surface area contributed by atoms with E-state index in [1.165, 1.54) is 10.9 Å². The number of halogens is 1. The van der Waals surface area contributed by atoms with Gasteiger partial charge < -0.3 is 10.3 Å². The lowest BCUT2D eigenvalue weighted by Crippen LogP contribution is -2.46. The molecule has 9 heteroatoms. The molecule has 1 rings (SSSR count). The van der Waals surface area contributed by atoms with Gasteiger partial charge in [-0.25, -0.2) is 18.1 Å². The topological polar surface area (TPSA) is 107 Å². The van der Waals surface area contributed by atoms with E-state index in [-0.39, 0.29) is 16.6 Å². The molecule has 1 aromatic rings. The maximum absolute atomic E-state index is 12.0. The van der Waals surface area contributed by atoms with Crippen LogP contribution in [-0.4, -0.2) is 29.4 Å². The van der Waals surface area contributed by atoms with Crippen molar-refractivity contribution in [3.63, 3.8) is 0 Å². The highest BCUT2D eigenvalue weighted by Gasteiger charge is 2.31. The molecule has 0 aliphatic rings. The molecule has 1 amide bonds. The lowest BCUT2D eigenvalue weighted by molar-refractivity contribution is -0.119. The lowest BCUT2D eigenvalue weighted by atomic mass is 10.0. The summed E-state index contributed by atoms with van der Waals surface area (Å²) in [6.45, 7) is 3.10. The summed E-state index contributed by atoms with van der Waals surface area (Å²) in [7, 11) is -2.32. The number of primary amides is 1. The molecule has 0 unspecified atom stereocenters. The van der Waals surface area contributed by atoms with Crippen molar-refractivity contribution < 1.29 is 13.2 Å². The second-order valence-electron chi connectivity index (χ2n) is 4.58. The van der Waals surface area contributed by atoms with E-state index in [9.17, 15) is 13.2 Å². The van der Waals surface area contributed by atoms with E-state index >= 15 is 0 Å². The van der Waals surface area contributed by atoms with Gasteiger partial charge >= 0.3 is 0 Å². The van der Waals surface area contributed by atoms with Gasteiger partial charge in [0.15, 0.2) is 0 Å². The number of nitrogens with zero attached hydrogens (tertiary/aromatic N) is 2. The maximum Gasteiger partial charge on any atom is 0.261 e. The highest BCUT2D eigenvalue weighted by Crippen LogP contribution is 2.21. The van der Waals surface area contributed by atoms with Gasteiger partial charge in [-0.3, -0.25) is 4.79 Å². The van der Waals surface area contributed by atoms with Crippen molar-refractivity contribution in [2.75, 3.05) is 0 Å². The van der Waals surface area contributed by atoms with Gasteiger partial charge in [-0.1, -0.05) is 11.6 Å². The van der Waals surface area contributed by atoms with Crippen LogP contribution in [0.4, 0.5) is 0 Å². The zero-order chi connectivity index (χ0) is 14.1. The molecule has 0 fully saturated rings. The van der Waals surface area contributed by atoms with Crippen LogP contribution in [-0.2, 0) is 21.9 Å². The summed E-state index contributed by atoms with van der Waals surface area (Å²) in [6, 6.07) is 0. The molecular formula is C9H15ClN4O3S. The Hall–Kier alpha value is -1.12. The van der Waals surface area contributed by atoms with Crippen LogP contribution in [0.1, 0.15) is 20.3 Å². The van der Waals surface area contributed by atoms with Crippen LogP contribution in [0.2, 0.25) is 5.15 Å². The van der Waals surface area contributed by atoms with Crippen LogP contribution < -0.4 is 10.5 Å². The summed E-state index contributed by atoms with van der Waals surface area (Å²) < 4.78 is 27.8. The minimum absolute atomic E-state index is 0.00243. The molecule has 1 heterocycles. The zero-order valence-corrected chi connectivity index (χ0v) is 11.8. The number of aromatic nitrogens is 2. The largest absolute Gasteiger partial charge is 0.370 e. The zero-order valence-electron chi connectivity index (χ0n) is 10.3. The van der Waals surface area contributed by atoms with Crippen LogP contribution in [0.15, 0.2) is 11.4 Å². The Morgan fingerprint density at radius 1 is 1.61 bits per heavy atom. The third-order valence-corrected chi connectivity index (χ3v) is 4.30. The minimum atomic E-state index is -3.90. The van der Waals surface area contributed by atoms with E-state index in [1.54, 1.807) is 20.9 Å². The standard InChI is InChI=1S/C9H15ClN4O3S/c1-9(2,4-6(11)15)13-18(16,17)8-7(10)14(3)5-12-8/h5,13H,4H2,1-3H3,(H2,11,15). The summed E-state index contributed by atoms with van der Waals surface area (Å²) in [5, 5.41) is -0.276. The van der Waals surface area contributed by atoms with Gasteiger partial charge in [-0.15, -0.1) is 0 Å². The fourth-order valence-electron chi connectivity index (χ4n) is 1.46. The fourth-order valence-corrected chi connectivity index (χ4v) is 3.30. The summed E-state index contributed by atoms with van der Waals surface area (Å²) in [5.74, 6) is -0.602. The second kappa shape index (κ2) is 4.87. The Morgan fingerprint density at radius 3 is 2.56 bits per heavy atom. The van der Waals surface area contributed by atoms with E-state index in [0.717, 1.165) is 0 Å². The van der Waals surface area contributed by atoms with Gasteiger partial charge in [0, 0.05) is 19.0 Å². The Kier molecular flexibility index (Phi) is 4.04. The molecule has 0 atom stereocenters. The number of hydrogen-bond donors (Lipinski definition) is 2. The van der Waals surface area contributed by atoms with Gasteiger partial charge in [0.25, 0.3) is 10.0 Å². The van der Waals surface area contributed by atoms with Crippen molar-refractivity contribution >= 4 is 27.5 Å². The number of aryl methyl sites for hydroxylation is 1. The molecule has 0 saturated heterocycles. The van der Waals surface area contributed by atoms with Crippen molar-refractivity contribution in [2.24, 2.45) is 12.8 Å². The molecule has 3 N–H and O–H groups in total. The second-order valence-corrected chi connectivity index (χ2v) is 6.54. The van der Waals surface area contributed by atoms with Crippen molar-refractivity contribution in [3.05, 3.63) is 11.5 Å². The monoisotopic (exact) mass is 294 g/mol. The number of hydrogen-bond acceptors (Lipinski definition) is 4. The fraction of sp³-hybridized carbons (Fsp3) is 0.556. The molecule has 0 aliphatic heterocycles. The molecule has 0 saturated carbocycles. The van der Waals surface area contributed by atoms with Crippen molar-refractivity contribution in [3.8, 4) is 0 Å². The van der Waals surface area contributed by atoms with E-state index < -0.39 is 21.5 Å².